The van der Waals surface area contributed by atoms with Crippen molar-refractivity contribution in [3.8, 4) is 0 Å². The fourth-order valence-corrected chi connectivity index (χ4v) is 4.86. The summed E-state index contributed by atoms with van der Waals surface area (Å²) >= 11 is 5.91. The summed E-state index contributed by atoms with van der Waals surface area (Å²) in [4.78, 5) is 25.7. The van der Waals surface area contributed by atoms with Crippen molar-refractivity contribution < 1.29 is 18.0 Å². The maximum Gasteiger partial charge on any atom is 0.261 e. The molecule has 2 aromatic carbocycles. The molecule has 0 aromatic heterocycles. The third kappa shape index (κ3) is 5.73. The van der Waals surface area contributed by atoms with Gasteiger partial charge in [-0.15, -0.1) is 0 Å². The molecule has 7 nitrogen and oxygen atoms in total. The van der Waals surface area contributed by atoms with Crippen LogP contribution in [-0.2, 0) is 14.8 Å². The van der Waals surface area contributed by atoms with Crippen molar-refractivity contribution in [1.29, 1.82) is 0 Å². The lowest BCUT2D eigenvalue weighted by Crippen LogP contribution is -2.40. The first-order chi connectivity index (χ1) is 14.2. The Hall–Kier alpha value is -2.58. The van der Waals surface area contributed by atoms with Crippen LogP contribution in [0.3, 0.4) is 0 Å². The maximum absolute atomic E-state index is 13.0. The second kappa shape index (κ2) is 9.49. The first-order valence-corrected chi connectivity index (χ1v) is 11.6. The third-order valence-electron chi connectivity index (χ3n) is 5.07. The van der Waals surface area contributed by atoms with E-state index >= 15 is 0 Å². The van der Waals surface area contributed by atoms with E-state index in [9.17, 15) is 18.0 Å². The lowest BCUT2D eigenvalue weighted by atomic mass is 9.93. The molecule has 0 radical (unpaired) electrons. The molecule has 1 aliphatic heterocycles. The van der Waals surface area contributed by atoms with E-state index in [1.807, 2.05) is 0 Å². The Kier molecular flexibility index (Phi) is 6.99. The molecule has 0 saturated carbocycles. The van der Waals surface area contributed by atoms with E-state index in [1.165, 1.54) is 18.2 Å². The van der Waals surface area contributed by atoms with E-state index in [4.69, 9.17) is 17.3 Å². The molecule has 2 aromatic rings. The van der Waals surface area contributed by atoms with E-state index < -0.39 is 10.0 Å². The number of hydrogen-bond donors (Lipinski definition) is 2. The molecule has 2 amide bonds. The van der Waals surface area contributed by atoms with Gasteiger partial charge in [0.05, 0.1) is 10.6 Å². The number of piperidine rings is 1. The number of anilines is 1. The minimum absolute atomic E-state index is 0.00406. The summed E-state index contributed by atoms with van der Waals surface area (Å²) in [5.41, 5.74) is 5.87. The first-order valence-electron chi connectivity index (χ1n) is 9.70. The summed E-state index contributed by atoms with van der Waals surface area (Å²) in [7, 11) is -3.88. The molecular weight excluding hydrogens is 426 g/mol. The molecule has 1 aliphatic rings. The highest BCUT2D eigenvalue weighted by molar-refractivity contribution is 7.92. The Bertz CT molecular complexity index is 1040. The predicted octanol–water partition coefficient (Wildman–Crippen LogP) is 3.26. The fraction of sp³-hybridized carbons (Fsp3) is 0.333. The van der Waals surface area contributed by atoms with Gasteiger partial charge in [0.1, 0.15) is 0 Å². The Balaban J connectivity index is 1.74. The highest BCUT2D eigenvalue weighted by Gasteiger charge is 2.25. The molecule has 9 heteroatoms. The second-order valence-electron chi connectivity index (χ2n) is 7.41. The van der Waals surface area contributed by atoms with Crippen LogP contribution in [0.25, 0.3) is 0 Å². The number of carbonyl (C=O) groups is 2. The SMILES string of the molecule is NC(=O)CCC1CCCN(C(=O)c2cccc(S(=O)(=O)Nc3cccc(Cl)c3)c2)C1. The minimum Gasteiger partial charge on any atom is -0.370 e. The van der Waals surface area contributed by atoms with E-state index in [0.29, 0.717) is 42.2 Å². The Labute approximate surface area is 181 Å². The molecular formula is C21H24ClN3O4S. The molecule has 3 N–H and O–H groups in total. The van der Waals surface area contributed by atoms with Crippen molar-refractivity contribution in [2.75, 3.05) is 17.8 Å². The molecule has 0 spiro atoms. The highest BCUT2D eigenvalue weighted by Crippen LogP contribution is 2.24. The number of halogens is 1. The van der Waals surface area contributed by atoms with Crippen LogP contribution < -0.4 is 10.5 Å². The number of carbonyl (C=O) groups excluding carboxylic acids is 2. The lowest BCUT2D eigenvalue weighted by molar-refractivity contribution is -0.118. The van der Waals surface area contributed by atoms with Crippen molar-refractivity contribution in [1.82, 2.24) is 4.90 Å². The van der Waals surface area contributed by atoms with Gasteiger partial charge in [0.2, 0.25) is 5.91 Å². The van der Waals surface area contributed by atoms with E-state index in [1.54, 1.807) is 35.2 Å². The second-order valence-corrected chi connectivity index (χ2v) is 9.53. The van der Waals surface area contributed by atoms with Crippen molar-refractivity contribution in [3.05, 3.63) is 59.1 Å². The zero-order valence-corrected chi connectivity index (χ0v) is 18.0. The minimum atomic E-state index is -3.88. The summed E-state index contributed by atoms with van der Waals surface area (Å²) in [5, 5.41) is 0.412. The van der Waals surface area contributed by atoms with Gasteiger partial charge in [-0.25, -0.2) is 8.42 Å². The van der Waals surface area contributed by atoms with Crippen LogP contribution in [0.15, 0.2) is 53.4 Å². The van der Waals surface area contributed by atoms with Crippen molar-refractivity contribution in [2.45, 2.75) is 30.6 Å². The molecule has 30 heavy (non-hydrogen) atoms. The number of nitrogens with two attached hydrogens (primary N) is 1. The zero-order chi connectivity index (χ0) is 21.7. The average molecular weight is 450 g/mol. The van der Waals surface area contributed by atoms with Gasteiger partial charge >= 0.3 is 0 Å². The molecule has 1 atom stereocenters. The zero-order valence-electron chi connectivity index (χ0n) is 16.4. The van der Waals surface area contributed by atoms with Crippen LogP contribution in [-0.4, -0.2) is 38.2 Å². The van der Waals surface area contributed by atoms with Gasteiger partial charge in [0, 0.05) is 30.1 Å². The van der Waals surface area contributed by atoms with Crippen LogP contribution in [0.2, 0.25) is 5.02 Å². The molecule has 1 fully saturated rings. The maximum atomic E-state index is 13.0. The third-order valence-corrected chi connectivity index (χ3v) is 6.69. The van der Waals surface area contributed by atoms with Gasteiger partial charge in [0.15, 0.2) is 0 Å². The number of sulfonamides is 1. The monoisotopic (exact) mass is 449 g/mol. The molecule has 3 rings (SSSR count). The lowest BCUT2D eigenvalue weighted by Gasteiger charge is -2.32. The number of amides is 2. The van der Waals surface area contributed by atoms with Crippen LogP contribution >= 0.6 is 11.6 Å². The molecule has 1 unspecified atom stereocenters. The quantitative estimate of drug-likeness (QED) is 0.675. The highest BCUT2D eigenvalue weighted by atomic mass is 35.5. The van der Waals surface area contributed by atoms with Crippen LogP contribution in [0.4, 0.5) is 5.69 Å². The summed E-state index contributed by atoms with van der Waals surface area (Å²) in [5.74, 6) is -0.353. The Morgan fingerprint density at radius 2 is 1.93 bits per heavy atom. The summed E-state index contributed by atoms with van der Waals surface area (Å²) in [6, 6.07) is 12.4. The number of nitrogens with zero attached hydrogens (tertiary/aromatic N) is 1. The van der Waals surface area contributed by atoms with E-state index in [-0.39, 0.29) is 22.6 Å². The number of benzene rings is 2. The van der Waals surface area contributed by atoms with E-state index in [2.05, 4.69) is 4.72 Å². The average Bonchev–Trinajstić information content (AvgIpc) is 2.72. The van der Waals surface area contributed by atoms with Gasteiger partial charge in [-0.3, -0.25) is 14.3 Å². The van der Waals surface area contributed by atoms with Gasteiger partial charge in [-0.05, 0) is 61.6 Å². The predicted molar refractivity (Wildman–Crippen MR) is 116 cm³/mol. The van der Waals surface area contributed by atoms with Gasteiger partial charge in [-0.1, -0.05) is 23.7 Å². The summed E-state index contributed by atoms with van der Waals surface area (Å²) in [6.07, 6.45) is 2.73. The van der Waals surface area contributed by atoms with Crippen molar-refractivity contribution in [2.24, 2.45) is 11.7 Å². The number of likely N-dealkylation sites (tertiary alicyclic amines) is 1. The number of rotatable bonds is 7. The Morgan fingerprint density at radius 3 is 2.67 bits per heavy atom. The molecule has 160 valence electrons. The standard InChI is InChI=1S/C21H24ClN3O4S/c22-17-6-2-7-18(13-17)24-30(28,29)19-8-1-5-16(12-19)21(27)25-11-3-4-15(14-25)9-10-20(23)26/h1-2,5-8,12-13,15,24H,3-4,9-11,14H2,(H2,23,26). The fourth-order valence-electron chi connectivity index (χ4n) is 3.58. The van der Waals surface area contributed by atoms with Crippen LogP contribution in [0.5, 0.6) is 0 Å². The largest absolute Gasteiger partial charge is 0.370 e. The normalized spacial score (nSPS) is 16.8. The molecule has 0 bridgehead atoms. The Morgan fingerprint density at radius 1 is 1.17 bits per heavy atom. The smallest absolute Gasteiger partial charge is 0.261 e. The van der Waals surface area contributed by atoms with Gasteiger partial charge in [0.25, 0.3) is 15.9 Å². The van der Waals surface area contributed by atoms with Crippen LogP contribution in [0.1, 0.15) is 36.0 Å². The van der Waals surface area contributed by atoms with Gasteiger partial charge in [-0.2, -0.15) is 0 Å². The number of primary amides is 1. The van der Waals surface area contributed by atoms with Gasteiger partial charge < -0.3 is 10.6 Å². The van der Waals surface area contributed by atoms with Crippen molar-refractivity contribution >= 4 is 39.1 Å². The summed E-state index contributed by atoms with van der Waals surface area (Å²) in [6.45, 7) is 1.13. The van der Waals surface area contributed by atoms with E-state index in [0.717, 1.165) is 12.8 Å². The van der Waals surface area contributed by atoms with Crippen LogP contribution in [0, 0.1) is 5.92 Å². The first kappa shape index (κ1) is 22.1. The summed E-state index contributed by atoms with van der Waals surface area (Å²) < 4.78 is 28.0. The van der Waals surface area contributed by atoms with Crippen molar-refractivity contribution in [3.63, 3.8) is 0 Å². The molecule has 1 saturated heterocycles. The number of nitrogens with one attached hydrogen (secondary N) is 1. The topological polar surface area (TPSA) is 110 Å². The molecule has 1 heterocycles. The molecule has 0 aliphatic carbocycles. The number of hydrogen-bond acceptors (Lipinski definition) is 4.